The summed E-state index contributed by atoms with van der Waals surface area (Å²) in [6.07, 6.45) is 3.78. The third kappa shape index (κ3) is 7.92. The molecule has 1 aromatic carbocycles. The van der Waals surface area contributed by atoms with Crippen LogP contribution in [0.25, 0.3) is 6.08 Å². The van der Waals surface area contributed by atoms with Gasteiger partial charge in [-0.3, -0.25) is 0 Å². The fraction of sp³-hybridized carbons (Fsp3) is 0.385. The second kappa shape index (κ2) is 8.24. The average Bonchev–Trinajstić information content (AvgIpc) is 2.34. The molecule has 0 saturated carbocycles. The fourth-order valence-corrected chi connectivity index (χ4v) is 1.87. The largest absolute Gasteiger partial charge is 0.446 e. The van der Waals surface area contributed by atoms with Crippen molar-refractivity contribution < 1.29 is 17.9 Å². The normalized spacial score (nSPS) is 12.2. The van der Waals surface area contributed by atoms with Gasteiger partial charge in [-0.1, -0.05) is 24.3 Å². The lowest BCUT2D eigenvalue weighted by atomic mass is 10.2. The SMILES string of the molecule is COCCNCC=Cc1ccc(SC(F)(F)F)cc1. The minimum Gasteiger partial charge on any atom is -0.383 e. The first-order valence-electron chi connectivity index (χ1n) is 5.73. The van der Waals surface area contributed by atoms with Gasteiger partial charge >= 0.3 is 5.51 Å². The molecular formula is C13H16F3NOS. The van der Waals surface area contributed by atoms with Gasteiger partial charge in [-0.05, 0) is 29.5 Å². The molecule has 0 aliphatic carbocycles. The van der Waals surface area contributed by atoms with E-state index in [0.717, 1.165) is 12.1 Å². The number of methoxy groups -OCH3 is 1. The van der Waals surface area contributed by atoms with Crippen molar-refractivity contribution in [2.75, 3.05) is 26.8 Å². The van der Waals surface area contributed by atoms with Crippen LogP contribution in [0.2, 0.25) is 0 Å². The Morgan fingerprint density at radius 2 is 1.95 bits per heavy atom. The summed E-state index contributed by atoms with van der Waals surface area (Å²) in [5.74, 6) is 0. The summed E-state index contributed by atoms with van der Waals surface area (Å²) in [4.78, 5) is 0.197. The summed E-state index contributed by atoms with van der Waals surface area (Å²) < 4.78 is 41.2. The first kappa shape index (κ1) is 16.1. The molecule has 106 valence electrons. The fourth-order valence-electron chi connectivity index (χ4n) is 1.34. The Morgan fingerprint density at radius 3 is 2.53 bits per heavy atom. The van der Waals surface area contributed by atoms with Crippen LogP contribution in [0, 0.1) is 0 Å². The van der Waals surface area contributed by atoms with Crippen LogP contribution in [0.15, 0.2) is 35.2 Å². The van der Waals surface area contributed by atoms with E-state index in [9.17, 15) is 13.2 Å². The molecule has 0 atom stereocenters. The first-order chi connectivity index (χ1) is 9.01. The van der Waals surface area contributed by atoms with Crippen LogP contribution in [0.5, 0.6) is 0 Å². The number of halogens is 3. The Balaban J connectivity index is 2.37. The van der Waals surface area contributed by atoms with E-state index in [1.54, 1.807) is 19.2 Å². The number of thioether (sulfide) groups is 1. The molecule has 2 nitrogen and oxygen atoms in total. The monoisotopic (exact) mass is 291 g/mol. The number of rotatable bonds is 7. The molecule has 0 heterocycles. The number of nitrogens with one attached hydrogen (secondary N) is 1. The van der Waals surface area contributed by atoms with Gasteiger partial charge in [-0.15, -0.1) is 0 Å². The quantitative estimate of drug-likeness (QED) is 0.613. The number of hydrogen-bond acceptors (Lipinski definition) is 3. The van der Waals surface area contributed by atoms with Crippen LogP contribution in [-0.4, -0.2) is 32.3 Å². The maximum absolute atomic E-state index is 12.1. The zero-order chi connectivity index (χ0) is 14.1. The number of ether oxygens (including phenoxy) is 1. The molecule has 1 N–H and O–H groups in total. The lowest BCUT2D eigenvalue weighted by Gasteiger charge is -2.05. The van der Waals surface area contributed by atoms with Crippen molar-refractivity contribution in [3.05, 3.63) is 35.9 Å². The van der Waals surface area contributed by atoms with Crippen LogP contribution in [0.3, 0.4) is 0 Å². The minimum atomic E-state index is -4.23. The number of benzene rings is 1. The molecule has 0 fully saturated rings. The maximum atomic E-state index is 12.1. The van der Waals surface area contributed by atoms with E-state index in [1.807, 2.05) is 12.2 Å². The average molecular weight is 291 g/mol. The van der Waals surface area contributed by atoms with Crippen molar-refractivity contribution in [1.29, 1.82) is 0 Å². The Kier molecular flexibility index (Phi) is 6.97. The topological polar surface area (TPSA) is 21.3 Å². The van der Waals surface area contributed by atoms with E-state index in [-0.39, 0.29) is 16.7 Å². The highest BCUT2D eigenvalue weighted by molar-refractivity contribution is 8.00. The standard InChI is InChI=1S/C13H16F3NOS/c1-18-10-9-17-8-2-3-11-4-6-12(7-5-11)19-13(14,15)16/h2-7,17H,8-10H2,1H3. The van der Waals surface area contributed by atoms with Crippen LogP contribution >= 0.6 is 11.8 Å². The van der Waals surface area contributed by atoms with Gasteiger partial charge < -0.3 is 10.1 Å². The maximum Gasteiger partial charge on any atom is 0.446 e. The van der Waals surface area contributed by atoms with Gasteiger partial charge in [0.05, 0.1) is 6.61 Å². The van der Waals surface area contributed by atoms with Gasteiger partial charge in [-0.2, -0.15) is 13.2 Å². The molecule has 0 aliphatic rings. The zero-order valence-corrected chi connectivity index (χ0v) is 11.4. The van der Waals surface area contributed by atoms with Crippen molar-refractivity contribution in [3.8, 4) is 0 Å². The van der Waals surface area contributed by atoms with E-state index in [0.29, 0.717) is 13.2 Å². The van der Waals surface area contributed by atoms with Crippen LogP contribution in [0.4, 0.5) is 13.2 Å². The summed E-state index contributed by atoms with van der Waals surface area (Å²) in [7, 11) is 1.64. The van der Waals surface area contributed by atoms with Crippen LogP contribution < -0.4 is 5.32 Å². The smallest absolute Gasteiger partial charge is 0.383 e. The highest BCUT2D eigenvalue weighted by Gasteiger charge is 2.28. The lowest BCUT2D eigenvalue weighted by molar-refractivity contribution is -0.0328. The molecule has 1 aromatic rings. The highest BCUT2D eigenvalue weighted by Crippen LogP contribution is 2.36. The van der Waals surface area contributed by atoms with E-state index in [1.165, 1.54) is 12.1 Å². The lowest BCUT2D eigenvalue weighted by Crippen LogP contribution is -2.18. The third-order valence-corrected chi connectivity index (χ3v) is 2.91. The second-order valence-electron chi connectivity index (χ2n) is 3.72. The van der Waals surface area contributed by atoms with Gasteiger partial charge in [0.1, 0.15) is 0 Å². The molecule has 0 unspecified atom stereocenters. The Labute approximate surface area is 115 Å². The molecular weight excluding hydrogens is 275 g/mol. The first-order valence-corrected chi connectivity index (χ1v) is 6.55. The van der Waals surface area contributed by atoms with Gasteiger partial charge in [-0.25, -0.2) is 0 Å². The summed E-state index contributed by atoms with van der Waals surface area (Å²) >= 11 is -0.103. The van der Waals surface area contributed by atoms with E-state index in [4.69, 9.17) is 4.74 Å². The Bertz CT molecular complexity index is 390. The molecule has 0 aliphatic heterocycles. The highest BCUT2D eigenvalue weighted by atomic mass is 32.2. The number of hydrogen-bond donors (Lipinski definition) is 1. The van der Waals surface area contributed by atoms with Crippen LogP contribution in [0.1, 0.15) is 5.56 Å². The molecule has 6 heteroatoms. The third-order valence-electron chi connectivity index (χ3n) is 2.17. The van der Waals surface area contributed by atoms with Gasteiger partial charge in [0, 0.05) is 25.1 Å². The molecule has 0 aromatic heterocycles. The summed E-state index contributed by atoms with van der Waals surface area (Å²) in [5.41, 5.74) is -3.36. The molecule has 0 spiro atoms. The van der Waals surface area contributed by atoms with Crippen molar-refractivity contribution in [2.24, 2.45) is 0 Å². The van der Waals surface area contributed by atoms with Crippen LogP contribution in [-0.2, 0) is 4.74 Å². The molecule has 0 radical (unpaired) electrons. The van der Waals surface area contributed by atoms with Gasteiger partial charge in [0.2, 0.25) is 0 Å². The predicted molar refractivity (Wildman–Crippen MR) is 72.1 cm³/mol. The Morgan fingerprint density at radius 1 is 1.26 bits per heavy atom. The minimum absolute atomic E-state index is 0.103. The summed E-state index contributed by atoms with van der Waals surface area (Å²) in [6.45, 7) is 2.11. The zero-order valence-electron chi connectivity index (χ0n) is 10.5. The molecule has 19 heavy (non-hydrogen) atoms. The van der Waals surface area contributed by atoms with E-state index >= 15 is 0 Å². The predicted octanol–water partition coefficient (Wildman–Crippen LogP) is 3.55. The summed E-state index contributed by atoms with van der Waals surface area (Å²) in [6, 6.07) is 6.27. The molecule has 0 saturated heterocycles. The van der Waals surface area contributed by atoms with Crippen molar-refractivity contribution in [3.63, 3.8) is 0 Å². The van der Waals surface area contributed by atoms with Gasteiger partial charge in [0.15, 0.2) is 0 Å². The van der Waals surface area contributed by atoms with Crippen molar-refractivity contribution >= 4 is 17.8 Å². The molecule has 0 bridgehead atoms. The van der Waals surface area contributed by atoms with E-state index < -0.39 is 5.51 Å². The second-order valence-corrected chi connectivity index (χ2v) is 4.85. The van der Waals surface area contributed by atoms with Gasteiger partial charge in [0.25, 0.3) is 0 Å². The molecule has 0 amide bonds. The number of alkyl halides is 3. The van der Waals surface area contributed by atoms with Crippen molar-refractivity contribution in [2.45, 2.75) is 10.4 Å². The Hall–Kier alpha value is -0.980. The van der Waals surface area contributed by atoms with Crippen molar-refractivity contribution in [1.82, 2.24) is 5.32 Å². The summed E-state index contributed by atoms with van der Waals surface area (Å²) in [5, 5.41) is 3.13. The van der Waals surface area contributed by atoms with E-state index in [2.05, 4.69) is 5.32 Å². The molecule has 1 rings (SSSR count).